The van der Waals surface area contributed by atoms with Crippen molar-refractivity contribution in [1.82, 2.24) is 21.3 Å². The van der Waals surface area contributed by atoms with Gasteiger partial charge in [-0.1, -0.05) is 32.8 Å². The molecule has 104 heavy (non-hydrogen) atoms. The fourth-order valence-corrected chi connectivity index (χ4v) is 12.3. The molecule has 3 aromatic rings. The maximum absolute atomic E-state index is 14.4. The number of rotatable bonds is 43. The SMILES string of the molecule is CC(C)C(CCC(=O)NC(CC[C-]=O)(CC[C-]=O)CCC(=O)[O-])(CCC(=O)NC(CCC(=O)[O-])(CCC(=O)[O-])CCC(=O)[O-])CCC(=O)NC(CCC(=O)[O-])(CCC(=O)[O-])CCC(=O)NCC(=O)Nc1ccc2c(c1)C(=O)OC21c2ccc(O)cc2Oc2cc(O)ccc21.[Na+].[Na+].[Na+].[Na+].[Na+].[Na+].[Na+].[Na+].[OH-].[OH-]. The van der Waals surface area contributed by atoms with Crippen molar-refractivity contribution in [3.8, 4) is 23.0 Å². The second kappa shape index (κ2) is 53.8. The van der Waals surface area contributed by atoms with Gasteiger partial charge in [0.25, 0.3) is 0 Å². The van der Waals surface area contributed by atoms with Crippen molar-refractivity contribution in [2.75, 3.05) is 11.9 Å². The number of carboxylic acids is 6. The third-order valence-corrected chi connectivity index (χ3v) is 17.6. The van der Waals surface area contributed by atoms with Gasteiger partial charge >= 0.3 is 242 Å². The maximum Gasteiger partial charge on any atom is 1.00 e. The van der Waals surface area contributed by atoms with Crippen molar-refractivity contribution >= 4 is 89.6 Å². The predicted octanol–water partition coefficient (Wildman–Crippen LogP) is -26.3. The van der Waals surface area contributed by atoms with Gasteiger partial charge in [0.2, 0.25) is 29.5 Å². The molecule has 1 unspecified atom stereocenters. The van der Waals surface area contributed by atoms with Crippen LogP contribution in [0.1, 0.15) is 195 Å². The predicted molar refractivity (Wildman–Crippen MR) is 316 cm³/mol. The minimum absolute atomic E-state index is 0. The van der Waals surface area contributed by atoms with Crippen molar-refractivity contribution in [3.05, 3.63) is 76.9 Å². The summed E-state index contributed by atoms with van der Waals surface area (Å²) in [5, 5.41) is 104. The normalized spacial score (nSPS) is 12.2. The molecule has 1 atom stereocenters. The Morgan fingerprint density at radius 3 is 1.09 bits per heavy atom. The summed E-state index contributed by atoms with van der Waals surface area (Å²) >= 11 is 0. The molecule has 9 N–H and O–H groups in total. The Morgan fingerprint density at radius 1 is 0.442 bits per heavy atom. The number of phenols is 2. The molecule has 0 fully saturated rings. The third kappa shape index (κ3) is 34.7. The summed E-state index contributed by atoms with van der Waals surface area (Å²) in [5.41, 5.74) is -6.80. The molecule has 5 amide bonds. The van der Waals surface area contributed by atoms with Gasteiger partial charge in [-0.25, -0.2) is 4.79 Å². The molecule has 31 nitrogen and oxygen atoms in total. The maximum atomic E-state index is 14.4. The third-order valence-electron chi connectivity index (χ3n) is 17.6. The molecule has 2 heterocycles. The summed E-state index contributed by atoms with van der Waals surface area (Å²) in [5.74, 6) is -15.1. The van der Waals surface area contributed by atoms with E-state index in [0.717, 1.165) is 0 Å². The minimum Gasteiger partial charge on any atom is -0.870 e. The fraction of sp³-hybridized carbons (Fsp3) is 0.508. The number of carbonyl (C=O) groups excluding carboxylic acids is 14. The van der Waals surface area contributed by atoms with E-state index >= 15 is 0 Å². The molecule has 1 spiro atoms. The van der Waals surface area contributed by atoms with E-state index in [1.54, 1.807) is 26.4 Å². The number of carboxylic acid groups (broad SMARTS) is 6. The number of phenolic OH excluding ortho intramolecular Hbond substituents is 2. The summed E-state index contributed by atoms with van der Waals surface area (Å²) in [6.45, 7) is 2.67. The van der Waals surface area contributed by atoms with Crippen LogP contribution in [0.2, 0.25) is 0 Å². The van der Waals surface area contributed by atoms with Crippen LogP contribution in [0.5, 0.6) is 23.0 Å². The second-order valence-electron chi connectivity index (χ2n) is 24.1. The van der Waals surface area contributed by atoms with Gasteiger partial charge in [-0.3, -0.25) is 36.5 Å². The molecule has 526 valence electrons. The van der Waals surface area contributed by atoms with Gasteiger partial charge in [-0.2, -0.15) is 12.8 Å². The number of aliphatic carboxylic acids is 6. The number of esters is 1. The Labute approximate surface area is 778 Å². The molecular weight excluding hydrogens is 1450 g/mol. The monoisotopic (exact) mass is 1530 g/mol. The molecule has 2 aliphatic rings. The first kappa shape index (κ1) is 113. The Kier molecular flexibility index (Phi) is 58.4. The van der Waals surface area contributed by atoms with Crippen LogP contribution in [0.3, 0.4) is 0 Å². The zero-order valence-corrected chi connectivity index (χ0v) is 76.7. The van der Waals surface area contributed by atoms with Crippen LogP contribution in [0.15, 0.2) is 54.6 Å². The summed E-state index contributed by atoms with van der Waals surface area (Å²) < 4.78 is 12.1. The van der Waals surface area contributed by atoms with E-state index in [9.17, 15) is 108 Å². The van der Waals surface area contributed by atoms with Gasteiger partial charge in [0.15, 0.2) is 5.60 Å². The number of aromatic hydroxyl groups is 2. The standard InChI is InChI=1S/C65H79N5O24.8Na.2H2O/c1-39(2)61(23-11-50(76)68-62(21-3-33-71,22-4-34-72)27-15-54(80)81,25-13-52(78)70-64(30-18-57(86)87,31-19-58(88)89)32-20-59(90)91)24-12-51(77)69-63(28-16-55(82)83,29-17-56(84)85)26-14-49(75)66-38-53(79)67-40-5-8-44-43(35-40)60(92)94-65(44)45-9-6-41(73)36-47(45)93-48-37-42(74)7-10-46(48)65;;;;;;;;;;/h5-10,35-37,39,73-74H,3-4,11-32,38H2,1-2H3,(H,66,75)(H,67,79)(H,68,76)(H,69,77)(H,70,78)(H,80,81)(H,82,83)(H,84,85)(H,86,87)(H,88,89)(H,90,91);;;;;;;;;2*1H2/q-2;8*+1;;/p-8. The summed E-state index contributed by atoms with van der Waals surface area (Å²) in [6.07, 6.45) is -7.67. The van der Waals surface area contributed by atoms with E-state index in [1.165, 1.54) is 54.6 Å². The first-order valence-corrected chi connectivity index (χ1v) is 30.4. The van der Waals surface area contributed by atoms with E-state index in [-0.39, 0.29) is 333 Å². The molecule has 0 aromatic heterocycles. The van der Waals surface area contributed by atoms with Gasteiger partial charge in [-0.05, 0) is 150 Å². The first-order chi connectivity index (χ1) is 44.3. The number of carbonyl (C=O) groups is 12. The van der Waals surface area contributed by atoms with Gasteiger partial charge in [0, 0.05) is 113 Å². The minimum atomic E-state index is -1.81. The van der Waals surface area contributed by atoms with E-state index in [1.807, 2.05) is 0 Å². The summed E-state index contributed by atoms with van der Waals surface area (Å²) in [7, 11) is 0. The summed E-state index contributed by atoms with van der Waals surface area (Å²) in [4.78, 5) is 177. The smallest absolute Gasteiger partial charge is 0.870 e. The van der Waals surface area contributed by atoms with Gasteiger partial charge in [-0.15, -0.1) is 0 Å². The number of fused-ring (bicyclic) bond motifs is 6. The van der Waals surface area contributed by atoms with Crippen LogP contribution in [-0.2, 0) is 72.7 Å². The fourth-order valence-electron chi connectivity index (χ4n) is 12.3. The zero-order chi connectivity index (χ0) is 69.6. The van der Waals surface area contributed by atoms with E-state index in [0.29, 0.717) is 16.7 Å². The number of hydrogen-bond donors (Lipinski definition) is 7. The van der Waals surface area contributed by atoms with Crippen molar-refractivity contribution in [2.45, 2.75) is 190 Å². The average molecular weight is 1530 g/mol. The largest absolute Gasteiger partial charge is 1.00 e. The number of ether oxygens (including phenoxy) is 2. The van der Waals surface area contributed by atoms with Crippen LogP contribution in [0.25, 0.3) is 0 Å². The van der Waals surface area contributed by atoms with Crippen molar-refractivity contribution in [1.29, 1.82) is 0 Å². The van der Waals surface area contributed by atoms with E-state index < -0.39 is 214 Å². The Morgan fingerprint density at radius 2 is 0.760 bits per heavy atom. The number of hydrogen-bond acceptors (Lipinski definition) is 26. The molecule has 2 aliphatic heterocycles. The van der Waals surface area contributed by atoms with Gasteiger partial charge < -0.3 is 126 Å². The number of anilines is 1. The molecule has 0 aliphatic carbocycles. The molecule has 0 saturated heterocycles. The number of benzene rings is 3. The molecule has 5 rings (SSSR count). The van der Waals surface area contributed by atoms with Crippen LogP contribution in [0.4, 0.5) is 5.69 Å². The van der Waals surface area contributed by atoms with Crippen molar-refractivity contribution < 1.29 is 365 Å². The van der Waals surface area contributed by atoms with Crippen molar-refractivity contribution in [2.24, 2.45) is 11.3 Å². The first-order valence-electron chi connectivity index (χ1n) is 30.4. The van der Waals surface area contributed by atoms with Crippen LogP contribution < -0.4 is 298 Å². The molecule has 0 radical (unpaired) electrons. The van der Waals surface area contributed by atoms with Crippen LogP contribution >= 0.6 is 0 Å². The van der Waals surface area contributed by atoms with Gasteiger partial charge in [0.05, 0.1) is 12.1 Å². The molecule has 3 aromatic carbocycles. The number of nitrogens with one attached hydrogen (secondary N) is 5. The van der Waals surface area contributed by atoms with Gasteiger partial charge in [0.1, 0.15) is 23.0 Å². The Hall–Kier alpha value is -2.04. The topological polar surface area (TPSA) is 556 Å². The number of amides is 5. The molecule has 0 saturated carbocycles. The average Bonchev–Trinajstić information content (AvgIpc) is 1.47. The summed E-state index contributed by atoms with van der Waals surface area (Å²) in [6, 6.07) is 12.7. The zero-order valence-electron chi connectivity index (χ0n) is 60.7. The van der Waals surface area contributed by atoms with Crippen LogP contribution in [-0.4, -0.2) is 128 Å². The molecule has 0 bridgehead atoms. The Bertz CT molecular complexity index is 3280. The second-order valence-corrected chi connectivity index (χ2v) is 24.1. The molecular formula is C65H75N5Na8O26-2. The Balaban J connectivity index is -0.00000240. The molecule has 39 heteroatoms. The van der Waals surface area contributed by atoms with E-state index in [4.69, 9.17) is 9.47 Å². The van der Waals surface area contributed by atoms with Crippen molar-refractivity contribution in [3.63, 3.8) is 0 Å². The quantitative estimate of drug-likeness (QED) is 0.0157. The van der Waals surface area contributed by atoms with Crippen LogP contribution in [0, 0.1) is 11.3 Å². The van der Waals surface area contributed by atoms with E-state index in [2.05, 4.69) is 26.6 Å².